The predicted molar refractivity (Wildman–Crippen MR) is 103 cm³/mol. The number of carbonyl (C=O) groups is 2. The third kappa shape index (κ3) is 4.85. The van der Waals surface area contributed by atoms with Gasteiger partial charge in [0, 0.05) is 29.7 Å². The Kier molecular flexibility index (Phi) is 5.94. The van der Waals surface area contributed by atoms with Crippen LogP contribution >= 0.6 is 11.6 Å². The van der Waals surface area contributed by atoms with Gasteiger partial charge < -0.3 is 10.2 Å². The molecular formula is C21H23ClN2O2. The van der Waals surface area contributed by atoms with Gasteiger partial charge in [-0.1, -0.05) is 41.4 Å². The number of aryl methyl sites for hydroxylation is 1. The molecule has 4 nitrogen and oxygen atoms in total. The fourth-order valence-corrected chi connectivity index (χ4v) is 3.34. The summed E-state index contributed by atoms with van der Waals surface area (Å²) in [5.41, 5.74) is 2.72. The van der Waals surface area contributed by atoms with E-state index in [1.165, 1.54) is 0 Å². The summed E-state index contributed by atoms with van der Waals surface area (Å²) >= 11 is 5.88. The molecule has 0 radical (unpaired) electrons. The Bertz CT molecular complexity index is 781. The zero-order valence-electron chi connectivity index (χ0n) is 14.9. The first kappa shape index (κ1) is 18.5. The average molecular weight is 371 g/mol. The second kappa shape index (κ2) is 8.37. The number of carbonyl (C=O) groups excluding carboxylic acids is 2. The van der Waals surface area contributed by atoms with Gasteiger partial charge in [0.2, 0.25) is 5.91 Å². The molecule has 0 bridgehead atoms. The Labute approximate surface area is 159 Å². The van der Waals surface area contributed by atoms with Gasteiger partial charge in [-0.25, -0.2) is 0 Å². The molecule has 0 aromatic heterocycles. The molecule has 1 aliphatic rings. The van der Waals surface area contributed by atoms with Crippen LogP contribution in [0.2, 0.25) is 5.02 Å². The van der Waals surface area contributed by atoms with Crippen LogP contribution in [0.25, 0.3) is 0 Å². The van der Waals surface area contributed by atoms with Crippen LogP contribution in [0, 0.1) is 6.92 Å². The maximum Gasteiger partial charge on any atom is 0.251 e. The van der Waals surface area contributed by atoms with Crippen LogP contribution < -0.4 is 5.32 Å². The molecule has 3 rings (SSSR count). The van der Waals surface area contributed by atoms with Crippen LogP contribution in [-0.2, 0) is 11.2 Å². The van der Waals surface area contributed by atoms with Gasteiger partial charge in [0.15, 0.2) is 0 Å². The van der Waals surface area contributed by atoms with Crippen LogP contribution in [0.4, 0.5) is 0 Å². The normalized spacial score (nSPS) is 14.9. The van der Waals surface area contributed by atoms with Gasteiger partial charge >= 0.3 is 0 Å². The number of hydrogen-bond acceptors (Lipinski definition) is 2. The fraction of sp³-hybridized carbons (Fsp3) is 0.333. The van der Waals surface area contributed by atoms with Crippen molar-refractivity contribution in [2.24, 2.45) is 0 Å². The number of hydrogen-bond donors (Lipinski definition) is 1. The van der Waals surface area contributed by atoms with E-state index in [-0.39, 0.29) is 17.9 Å². The number of halogens is 1. The second-order valence-corrected chi connectivity index (χ2v) is 7.24. The first-order valence-corrected chi connectivity index (χ1v) is 9.29. The highest BCUT2D eigenvalue weighted by Gasteiger charge is 2.24. The smallest absolute Gasteiger partial charge is 0.251 e. The number of benzene rings is 2. The van der Waals surface area contributed by atoms with E-state index in [1.54, 1.807) is 12.1 Å². The molecule has 1 saturated heterocycles. The van der Waals surface area contributed by atoms with E-state index < -0.39 is 0 Å². The highest BCUT2D eigenvalue weighted by molar-refractivity contribution is 6.30. The summed E-state index contributed by atoms with van der Waals surface area (Å²) < 4.78 is 0. The fourth-order valence-electron chi connectivity index (χ4n) is 3.22. The molecule has 1 heterocycles. The molecule has 0 saturated carbocycles. The summed E-state index contributed by atoms with van der Waals surface area (Å²) in [6, 6.07) is 15.1. The van der Waals surface area contributed by atoms with Crippen LogP contribution in [-0.4, -0.2) is 35.8 Å². The van der Waals surface area contributed by atoms with E-state index in [4.69, 9.17) is 11.6 Å². The van der Waals surface area contributed by atoms with Crippen LogP contribution in [0.1, 0.15) is 34.3 Å². The van der Waals surface area contributed by atoms with E-state index in [0.717, 1.165) is 24.0 Å². The maximum atomic E-state index is 12.4. The van der Waals surface area contributed by atoms with Crippen molar-refractivity contribution in [3.8, 4) is 0 Å². The molecule has 2 aromatic rings. The quantitative estimate of drug-likeness (QED) is 0.893. The van der Waals surface area contributed by atoms with Crippen molar-refractivity contribution < 1.29 is 9.59 Å². The zero-order chi connectivity index (χ0) is 18.5. The van der Waals surface area contributed by atoms with Gasteiger partial charge in [-0.3, -0.25) is 9.59 Å². The monoisotopic (exact) mass is 370 g/mol. The van der Waals surface area contributed by atoms with Crippen molar-refractivity contribution in [1.29, 1.82) is 0 Å². The summed E-state index contributed by atoms with van der Waals surface area (Å²) in [7, 11) is 0. The topological polar surface area (TPSA) is 49.4 Å². The largest absolute Gasteiger partial charge is 0.349 e. The average Bonchev–Trinajstić information content (AvgIpc) is 2.64. The summed E-state index contributed by atoms with van der Waals surface area (Å²) in [4.78, 5) is 26.7. The van der Waals surface area contributed by atoms with Crippen molar-refractivity contribution in [2.75, 3.05) is 13.1 Å². The number of amides is 2. The molecule has 5 heteroatoms. The number of nitrogens with one attached hydrogen (secondary N) is 1. The Morgan fingerprint density at radius 3 is 2.46 bits per heavy atom. The minimum Gasteiger partial charge on any atom is -0.349 e. The standard InChI is InChI=1S/C21H23ClN2O2/c1-15-3-2-4-17(13-15)21(26)23-19-9-11-24(12-10-19)20(25)14-16-5-7-18(22)8-6-16/h2-8,13,19H,9-12,14H2,1H3,(H,23,26). The number of likely N-dealkylation sites (tertiary alicyclic amines) is 1. The van der Waals surface area contributed by atoms with E-state index in [2.05, 4.69) is 5.32 Å². The Morgan fingerprint density at radius 2 is 1.81 bits per heavy atom. The molecule has 0 unspecified atom stereocenters. The molecule has 0 atom stereocenters. The summed E-state index contributed by atoms with van der Waals surface area (Å²) in [5, 5.41) is 3.76. The highest BCUT2D eigenvalue weighted by atomic mass is 35.5. The molecule has 26 heavy (non-hydrogen) atoms. The Balaban J connectivity index is 1.48. The van der Waals surface area contributed by atoms with Gasteiger partial charge in [-0.05, 0) is 49.6 Å². The van der Waals surface area contributed by atoms with Crippen molar-refractivity contribution in [3.05, 3.63) is 70.2 Å². The minimum absolute atomic E-state index is 0.0420. The third-order valence-corrected chi connectivity index (χ3v) is 4.98. The highest BCUT2D eigenvalue weighted by Crippen LogP contribution is 2.15. The molecule has 2 amide bonds. The lowest BCUT2D eigenvalue weighted by Gasteiger charge is -2.32. The summed E-state index contributed by atoms with van der Waals surface area (Å²) in [6.45, 7) is 3.32. The predicted octanol–water partition coefficient (Wildman–Crippen LogP) is 3.61. The molecule has 1 fully saturated rings. The first-order chi connectivity index (χ1) is 12.5. The number of rotatable bonds is 4. The summed E-state index contributed by atoms with van der Waals surface area (Å²) in [6.07, 6.45) is 1.95. The summed E-state index contributed by atoms with van der Waals surface area (Å²) in [5.74, 6) is 0.0791. The number of nitrogens with zero attached hydrogens (tertiary/aromatic N) is 1. The van der Waals surface area contributed by atoms with Crippen molar-refractivity contribution >= 4 is 23.4 Å². The zero-order valence-corrected chi connectivity index (χ0v) is 15.6. The van der Waals surface area contributed by atoms with Gasteiger partial charge in [-0.2, -0.15) is 0 Å². The lowest BCUT2D eigenvalue weighted by atomic mass is 10.0. The third-order valence-electron chi connectivity index (χ3n) is 4.73. The van der Waals surface area contributed by atoms with Crippen LogP contribution in [0.3, 0.4) is 0 Å². The van der Waals surface area contributed by atoms with Crippen molar-refractivity contribution in [2.45, 2.75) is 32.2 Å². The van der Waals surface area contributed by atoms with E-state index in [9.17, 15) is 9.59 Å². The van der Waals surface area contributed by atoms with E-state index >= 15 is 0 Å². The van der Waals surface area contributed by atoms with Gasteiger partial charge in [-0.15, -0.1) is 0 Å². The second-order valence-electron chi connectivity index (χ2n) is 6.80. The van der Waals surface area contributed by atoms with E-state index in [1.807, 2.05) is 48.2 Å². The van der Waals surface area contributed by atoms with Crippen LogP contribution in [0.15, 0.2) is 48.5 Å². The lowest BCUT2D eigenvalue weighted by molar-refractivity contribution is -0.131. The SMILES string of the molecule is Cc1cccc(C(=O)NC2CCN(C(=O)Cc3ccc(Cl)cc3)CC2)c1. The van der Waals surface area contributed by atoms with Crippen molar-refractivity contribution in [1.82, 2.24) is 10.2 Å². The van der Waals surface area contributed by atoms with Gasteiger partial charge in [0.05, 0.1) is 6.42 Å². The molecule has 2 aromatic carbocycles. The maximum absolute atomic E-state index is 12.4. The molecule has 1 N–H and O–H groups in total. The molecular weight excluding hydrogens is 348 g/mol. The molecule has 0 aliphatic carbocycles. The van der Waals surface area contributed by atoms with Crippen LogP contribution in [0.5, 0.6) is 0 Å². The Morgan fingerprint density at radius 1 is 1.12 bits per heavy atom. The minimum atomic E-state index is -0.0420. The number of piperidine rings is 1. The van der Waals surface area contributed by atoms with Gasteiger partial charge in [0.1, 0.15) is 0 Å². The first-order valence-electron chi connectivity index (χ1n) is 8.91. The molecule has 1 aliphatic heterocycles. The Hall–Kier alpha value is -2.33. The van der Waals surface area contributed by atoms with E-state index in [0.29, 0.717) is 30.1 Å². The van der Waals surface area contributed by atoms with Gasteiger partial charge in [0.25, 0.3) is 5.91 Å². The van der Waals surface area contributed by atoms with Crippen molar-refractivity contribution in [3.63, 3.8) is 0 Å². The lowest BCUT2D eigenvalue weighted by Crippen LogP contribution is -2.47. The molecule has 0 spiro atoms. The molecule has 136 valence electrons.